The van der Waals surface area contributed by atoms with E-state index in [-0.39, 0.29) is 11.9 Å². The predicted octanol–water partition coefficient (Wildman–Crippen LogP) is 3.67. The first-order valence-electron chi connectivity index (χ1n) is 7.28. The molecule has 2 saturated carbocycles. The quantitative estimate of drug-likeness (QED) is 0.845. The van der Waals surface area contributed by atoms with Crippen molar-refractivity contribution < 1.29 is 9.13 Å². The molecular weight excluding hydrogens is 241 g/mol. The molecule has 0 amide bonds. The number of hydrogen-bond acceptors (Lipinski definition) is 2. The van der Waals surface area contributed by atoms with Gasteiger partial charge in [-0.25, -0.2) is 4.39 Å². The molecule has 0 spiro atoms. The van der Waals surface area contributed by atoms with E-state index in [1.807, 2.05) is 6.07 Å². The fourth-order valence-corrected chi connectivity index (χ4v) is 2.90. The molecule has 2 fully saturated rings. The summed E-state index contributed by atoms with van der Waals surface area (Å²) < 4.78 is 18.7. The molecule has 3 rings (SSSR count). The van der Waals surface area contributed by atoms with Crippen LogP contribution in [0.25, 0.3) is 0 Å². The molecule has 0 saturated heterocycles. The molecule has 0 bridgehead atoms. The summed E-state index contributed by atoms with van der Waals surface area (Å²) in [5.41, 5.74) is 1.00. The number of hydrogen-bond donors (Lipinski definition) is 1. The van der Waals surface area contributed by atoms with Crippen LogP contribution in [0.15, 0.2) is 18.2 Å². The Morgan fingerprint density at radius 1 is 1.21 bits per heavy atom. The Hall–Kier alpha value is -1.09. The van der Waals surface area contributed by atoms with E-state index in [1.165, 1.54) is 32.8 Å². The number of benzene rings is 1. The van der Waals surface area contributed by atoms with Crippen LogP contribution in [-0.4, -0.2) is 13.2 Å². The van der Waals surface area contributed by atoms with Crippen LogP contribution in [0.4, 0.5) is 4.39 Å². The lowest BCUT2D eigenvalue weighted by molar-refractivity contribution is 0.372. The highest BCUT2D eigenvalue weighted by Gasteiger charge is 2.41. The van der Waals surface area contributed by atoms with Gasteiger partial charge in [-0.2, -0.15) is 0 Å². The highest BCUT2D eigenvalue weighted by molar-refractivity contribution is 5.31. The molecule has 1 atom stereocenters. The van der Waals surface area contributed by atoms with Gasteiger partial charge in [0.15, 0.2) is 11.6 Å². The van der Waals surface area contributed by atoms with Gasteiger partial charge in [-0.1, -0.05) is 6.07 Å². The van der Waals surface area contributed by atoms with Crippen LogP contribution in [0.2, 0.25) is 0 Å². The molecule has 0 heterocycles. The molecule has 19 heavy (non-hydrogen) atoms. The van der Waals surface area contributed by atoms with Gasteiger partial charge in [0.05, 0.1) is 7.11 Å². The van der Waals surface area contributed by atoms with Gasteiger partial charge in [-0.05, 0) is 62.1 Å². The standard InChI is InChI=1S/C16H22FNO/c1-10(13-7-8-15(19-2)14(17)9-13)18-16(11-3-4-11)12-5-6-12/h7-12,16,18H,3-6H2,1-2H3. The first-order valence-corrected chi connectivity index (χ1v) is 7.28. The molecule has 2 aliphatic carbocycles. The van der Waals surface area contributed by atoms with Crippen LogP contribution < -0.4 is 10.1 Å². The van der Waals surface area contributed by atoms with E-state index in [1.54, 1.807) is 12.1 Å². The van der Waals surface area contributed by atoms with Crippen molar-refractivity contribution in [3.05, 3.63) is 29.6 Å². The Balaban J connectivity index is 1.68. The average Bonchev–Trinajstić information content (AvgIpc) is 3.29. The lowest BCUT2D eigenvalue weighted by Gasteiger charge is -2.23. The number of ether oxygens (including phenoxy) is 1. The molecule has 2 aliphatic rings. The summed E-state index contributed by atoms with van der Waals surface area (Å²) >= 11 is 0. The van der Waals surface area contributed by atoms with Gasteiger partial charge in [-0.15, -0.1) is 0 Å². The second-order valence-electron chi connectivity index (χ2n) is 5.98. The Morgan fingerprint density at radius 2 is 1.84 bits per heavy atom. The highest BCUT2D eigenvalue weighted by atomic mass is 19.1. The van der Waals surface area contributed by atoms with Crippen LogP contribution in [0.3, 0.4) is 0 Å². The van der Waals surface area contributed by atoms with Crippen LogP contribution in [0.5, 0.6) is 5.75 Å². The van der Waals surface area contributed by atoms with Gasteiger partial charge < -0.3 is 10.1 Å². The molecule has 0 aromatic heterocycles. The lowest BCUT2D eigenvalue weighted by atomic mass is 10.0. The zero-order valence-electron chi connectivity index (χ0n) is 11.7. The molecular formula is C16H22FNO. The van der Waals surface area contributed by atoms with E-state index in [4.69, 9.17) is 4.74 Å². The third kappa shape index (κ3) is 2.92. The van der Waals surface area contributed by atoms with Crippen molar-refractivity contribution in [1.29, 1.82) is 0 Å². The van der Waals surface area contributed by atoms with E-state index in [0.29, 0.717) is 11.8 Å². The van der Waals surface area contributed by atoms with Crippen molar-refractivity contribution in [2.24, 2.45) is 11.8 Å². The van der Waals surface area contributed by atoms with E-state index < -0.39 is 0 Å². The Bertz CT molecular complexity index is 442. The van der Waals surface area contributed by atoms with Crippen molar-refractivity contribution in [2.75, 3.05) is 7.11 Å². The summed E-state index contributed by atoms with van der Waals surface area (Å²) in [6, 6.07) is 6.10. The number of methoxy groups -OCH3 is 1. The third-order valence-electron chi connectivity index (χ3n) is 4.38. The maximum Gasteiger partial charge on any atom is 0.165 e. The maximum atomic E-state index is 13.7. The van der Waals surface area contributed by atoms with Gasteiger partial charge in [-0.3, -0.25) is 0 Å². The largest absolute Gasteiger partial charge is 0.494 e. The maximum absolute atomic E-state index is 13.7. The second-order valence-corrected chi connectivity index (χ2v) is 5.98. The topological polar surface area (TPSA) is 21.3 Å². The number of nitrogens with one attached hydrogen (secondary N) is 1. The second kappa shape index (κ2) is 5.12. The fraction of sp³-hybridized carbons (Fsp3) is 0.625. The predicted molar refractivity (Wildman–Crippen MR) is 73.7 cm³/mol. The first kappa shape index (κ1) is 12.9. The van der Waals surface area contributed by atoms with E-state index in [0.717, 1.165) is 17.4 Å². The highest BCUT2D eigenvalue weighted by Crippen LogP contribution is 2.45. The fourth-order valence-electron chi connectivity index (χ4n) is 2.90. The molecule has 1 N–H and O–H groups in total. The van der Waals surface area contributed by atoms with Crippen molar-refractivity contribution >= 4 is 0 Å². The van der Waals surface area contributed by atoms with Crippen LogP contribution in [-0.2, 0) is 0 Å². The Morgan fingerprint density at radius 3 is 2.32 bits per heavy atom. The first-order chi connectivity index (χ1) is 9.19. The van der Waals surface area contributed by atoms with Crippen LogP contribution in [0, 0.1) is 17.7 Å². The minimum atomic E-state index is -0.275. The zero-order chi connectivity index (χ0) is 13.4. The molecule has 1 aromatic rings. The van der Waals surface area contributed by atoms with Gasteiger partial charge in [0.2, 0.25) is 0 Å². The van der Waals surface area contributed by atoms with E-state index >= 15 is 0 Å². The normalized spacial score (nSPS) is 20.6. The van der Waals surface area contributed by atoms with E-state index in [9.17, 15) is 4.39 Å². The molecule has 2 nitrogen and oxygen atoms in total. The molecule has 104 valence electrons. The van der Waals surface area contributed by atoms with Crippen molar-refractivity contribution in [1.82, 2.24) is 5.32 Å². The van der Waals surface area contributed by atoms with Crippen molar-refractivity contribution in [3.63, 3.8) is 0 Å². The minimum absolute atomic E-state index is 0.201. The summed E-state index contributed by atoms with van der Waals surface area (Å²) in [4.78, 5) is 0. The summed E-state index contributed by atoms with van der Waals surface area (Å²) in [5.74, 6) is 1.76. The Labute approximate surface area is 114 Å². The SMILES string of the molecule is COc1ccc(C(C)NC(C2CC2)C2CC2)cc1F. The summed E-state index contributed by atoms with van der Waals surface area (Å²) in [6.07, 6.45) is 5.44. The summed E-state index contributed by atoms with van der Waals surface area (Å²) in [5, 5.41) is 3.71. The molecule has 0 radical (unpaired) electrons. The smallest absolute Gasteiger partial charge is 0.165 e. The Kier molecular flexibility index (Phi) is 3.48. The van der Waals surface area contributed by atoms with Gasteiger partial charge in [0.25, 0.3) is 0 Å². The van der Waals surface area contributed by atoms with Gasteiger partial charge in [0, 0.05) is 12.1 Å². The molecule has 3 heteroatoms. The molecule has 1 aromatic carbocycles. The van der Waals surface area contributed by atoms with Crippen LogP contribution >= 0.6 is 0 Å². The van der Waals surface area contributed by atoms with Gasteiger partial charge in [0.1, 0.15) is 0 Å². The summed E-state index contributed by atoms with van der Waals surface area (Å²) in [7, 11) is 1.50. The zero-order valence-corrected chi connectivity index (χ0v) is 11.7. The molecule has 1 unspecified atom stereocenters. The number of halogens is 1. The third-order valence-corrected chi connectivity index (χ3v) is 4.38. The monoisotopic (exact) mass is 263 g/mol. The molecule has 0 aliphatic heterocycles. The average molecular weight is 263 g/mol. The minimum Gasteiger partial charge on any atom is -0.494 e. The van der Waals surface area contributed by atoms with E-state index in [2.05, 4.69) is 12.2 Å². The summed E-state index contributed by atoms with van der Waals surface area (Å²) in [6.45, 7) is 2.12. The van der Waals surface area contributed by atoms with Crippen molar-refractivity contribution in [2.45, 2.75) is 44.7 Å². The van der Waals surface area contributed by atoms with Gasteiger partial charge >= 0.3 is 0 Å². The van der Waals surface area contributed by atoms with Crippen LogP contribution in [0.1, 0.15) is 44.2 Å². The lowest BCUT2D eigenvalue weighted by Crippen LogP contribution is -2.35. The number of rotatable bonds is 6. The van der Waals surface area contributed by atoms with Crippen molar-refractivity contribution in [3.8, 4) is 5.75 Å².